The van der Waals surface area contributed by atoms with Crippen molar-refractivity contribution in [3.05, 3.63) is 59.7 Å². The van der Waals surface area contributed by atoms with E-state index in [0.29, 0.717) is 25.3 Å². The third-order valence-electron chi connectivity index (χ3n) is 4.91. The molecule has 1 N–H and O–H groups in total. The number of aryl methyl sites for hydroxylation is 1. The second-order valence-electron chi connectivity index (χ2n) is 6.91. The summed E-state index contributed by atoms with van der Waals surface area (Å²) in [5, 5.41) is 7.01. The van der Waals surface area contributed by atoms with Crippen LogP contribution in [-0.4, -0.2) is 39.9 Å². The number of carbonyl (C=O) groups is 1. The number of benzene rings is 1. The van der Waals surface area contributed by atoms with Crippen LogP contribution in [0.25, 0.3) is 11.4 Å². The van der Waals surface area contributed by atoms with E-state index in [4.69, 9.17) is 9.26 Å². The quantitative estimate of drug-likeness (QED) is 0.750. The van der Waals surface area contributed by atoms with E-state index in [1.54, 1.807) is 6.20 Å². The Morgan fingerprint density at radius 1 is 1.30 bits per heavy atom. The summed E-state index contributed by atoms with van der Waals surface area (Å²) in [6, 6.07) is 11.7. The molecular formula is C20H22N4O3. The Hall–Kier alpha value is -2.93. The summed E-state index contributed by atoms with van der Waals surface area (Å²) in [4.78, 5) is 17.2. The lowest BCUT2D eigenvalue weighted by Gasteiger charge is -2.18. The van der Waals surface area contributed by atoms with E-state index in [2.05, 4.69) is 15.5 Å². The lowest BCUT2D eigenvalue weighted by Crippen LogP contribution is -2.41. The minimum atomic E-state index is -0.151. The molecule has 0 bridgehead atoms. The standard InChI is InChI=1S/C20H22N4O3/c1-13-8-16(27-23-13)9-15-11-26-12-17(15)22-20(25)18-10-21-19(24(18)2)14-6-4-3-5-7-14/h3-8,10,15,17H,9,11-12H2,1-2H3,(H,22,25)/t15-,17+/m1/s1. The monoisotopic (exact) mass is 366 g/mol. The molecule has 3 heterocycles. The van der Waals surface area contributed by atoms with Crippen molar-refractivity contribution in [1.29, 1.82) is 0 Å². The number of rotatable bonds is 5. The Labute approximate surface area is 157 Å². The molecule has 140 valence electrons. The van der Waals surface area contributed by atoms with Crippen molar-refractivity contribution < 1.29 is 14.1 Å². The predicted octanol–water partition coefficient (Wildman–Crippen LogP) is 2.37. The molecule has 4 rings (SSSR count). The SMILES string of the molecule is Cc1cc(C[C@@H]2COC[C@@H]2NC(=O)c2cnc(-c3ccccc3)n2C)on1. The molecule has 1 amide bonds. The van der Waals surface area contributed by atoms with Crippen LogP contribution in [0.5, 0.6) is 0 Å². The van der Waals surface area contributed by atoms with E-state index < -0.39 is 0 Å². The zero-order valence-electron chi connectivity index (χ0n) is 15.4. The summed E-state index contributed by atoms with van der Waals surface area (Å²) in [5.41, 5.74) is 2.35. The van der Waals surface area contributed by atoms with Crippen LogP contribution < -0.4 is 5.32 Å². The van der Waals surface area contributed by atoms with Crippen LogP contribution in [-0.2, 0) is 18.2 Å². The summed E-state index contributed by atoms with van der Waals surface area (Å²) in [6.45, 7) is 2.97. The molecule has 7 heteroatoms. The lowest BCUT2D eigenvalue weighted by atomic mass is 9.98. The Morgan fingerprint density at radius 3 is 2.85 bits per heavy atom. The van der Waals surface area contributed by atoms with Gasteiger partial charge in [0.2, 0.25) is 0 Å². The third-order valence-corrected chi connectivity index (χ3v) is 4.91. The highest BCUT2D eigenvalue weighted by molar-refractivity contribution is 5.93. The molecule has 0 radical (unpaired) electrons. The minimum Gasteiger partial charge on any atom is -0.379 e. The van der Waals surface area contributed by atoms with Crippen LogP contribution in [0.3, 0.4) is 0 Å². The average Bonchev–Trinajstić information content (AvgIpc) is 3.37. The third kappa shape index (κ3) is 3.64. The van der Waals surface area contributed by atoms with E-state index in [-0.39, 0.29) is 17.9 Å². The van der Waals surface area contributed by atoms with E-state index in [1.165, 1.54) is 0 Å². The van der Waals surface area contributed by atoms with E-state index in [0.717, 1.165) is 22.8 Å². The van der Waals surface area contributed by atoms with Crippen LogP contribution in [0.4, 0.5) is 0 Å². The maximum absolute atomic E-state index is 12.8. The van der Waals surface area contributed by atoms with Gasteiger partial charge in [0.05, 0.1) is 31.1 Å². The summed E-state index contributed by atoms with van der Waals surface area (Å²) in [7, 11) is 1.85. The summed E-state index contributed by atoms with van der Waals surface area (Å²) in [6.07, 6.45) is 2.30. The molecule has 1 fully saturated rings. The fraction of sp³-hybridized carbons (Fsp3) is 0.350. The van der Waals surface area contributed by atoms with Gasteiger partial charge < -0.3 is 19.1 Å². The highest BCUT2D eigenvalue weighted by Gasteiger charge is 2.31. The van der Waals surface area contributed by atoms with Crippen molar-refractivity contribution in [2.75, 3.05) is 13.2 Å². The molecule has 0 spiro atoms. The van der Waals surface area contributed by atoms with Crippen LogP contribution >= 0.6 is 0 Å². The number of amides is 1. The molecule has 27 heavy (non-hydrogen) atoms. The number of ether oxygens (including phenoxy) is 1. The van der Waals surface area contributed by atoms with Crippen LogP contribution in [0.2, 0.25) is 0 Å². The van der Waals surface area contributed by atoms with Gasteiger partial charge in [-0.15, -0.1) is 0 Å². The van der Waals surface area contributed by atoms with Gasteiger partial charge in [0.15, 0.2) is 0 Å². The maximum atomic E-state index is 12.8. The summed E-state index contributed by atoms with van der Waals surface area (Å²) >= 11 is 0. The molecule has 1 aliphatic rings. The van der Waals surface area contributed by atoms with Gasteiger partial charge in [-0.1, -0.05) is 35.5 Å². The Balaban J connectivity index is 1.46. The Bertz CT molecular complexity index is 932. The molecule has 1 saturated heterocycles. The number of nitrogens with one attached hydrogen (secondary N) is 1. The molecule has 3 aromatic rings. The van der Waals surface area contributed by atoms with E-state index in [1.807, 2.05) is 54.9 Å². The number of hydrogen-bond acceptors (Lipinski definition) is 5. The van der Waals surface area contributed by atoms with Gasteiger partial charge in [0, 0.05) is 31.0 Å². The summed E-state index contributed by atoms with van der Waals surface area (Å²) < 4.78 is 12.7. The van der Waals surface area contributed by atoms with Crippen molar-refractivity contribution in [3.63, 3.8) is 0 Å². The lowest BCUT2D eigenvalue weighted by molar-refractivity contribution is 0.0916. The van der Waals surface area contributed by atoms with Gasteiger partial charge in [0.1, 0.15) is 17.3 Å². The summed E-state index contributed by atoms with van der Waals surface area (Å²) in [5.74, 6) is 1.58. The van der Waals surface area contributed by atoms with Gasteiger partial charge >= 0.3 is 0 Å². The Morgan fingerprint density at radius 2 is 2.11 bits per heavy atom. The van der Waals surface area contributed by atoms with Crippen LogP contribution in [0, 0.1) is 12.8 Å². The minimum absolute atomic E-state index is 0.0713. The van der Waals surface area contributed by atoms with Gasteiger partial charge in [0.25, 0.3) is 5.91 Å². The van der Waals surface area contributed by atoms with Crippen molar-refractivity contribution >= 4 is 5.91 Å². The number of imidazole rings is 1. The van der Waals surface area contributed by atoms with E-state index >= 15 is 0 Å². The van der Waals surface area contributed by atoms with Crippen molar-refractivity contribution in [2.45, 2.75) is 19.4 Å². The predicted molar refractivity (Wildman–Crippen MR) is 99.2 cm³/mol. The fourth-order valence-corrected chi connectivity index (χ4v) is 3.45. The normalized spacial score (nSPS) is 19.3. The molecule has 1 aromatic carbocycles. The van der Waals surface area contributed by atoms with Crippen molar-refractivity contribution in [3.8, 4) is 11.4 Å². The van der Waals surface area contributed by atoms with Crippen LogP contribution in [0.15, 0.2) is 47.1 Å². The smallest absolute Gasteiger partial charge is 0.269 e. The number of hydrogen-bond donors (Lipinski definition) is 1. The highest BCUT2D eigenvalue weighted by Crippen LogP contribution is 2.21. The fourth-order valence-electron chi connectivity index (χ4n) is 3.45. The number of carbonyl (C=O) groups excluding carboxylic acids is 1. The van der Waals surface area contributed by atoms with Gasteiger partial charge in [-0.3, -0.25) is 4.79 Å². The zero-order valence-corrected chi connectivity index (χ0v) is 15.4. The molecule has 1 aliphatic heterocycles. The van der Waals surface area contributed by atoms with Gasteiger partial charge in [-0.2, -0.15) is 0 Å². The van der Waals surface area contributed by atoms with E-state index in [9.17, 15) is 4.79 Å². The first-order valence-corrected chi connectivity index (χ1v) is 9.00. The Kier molecular flexibility index (Phi) is 4.77. The first-order chi connectivity index (χ1) is 13.1. The largest absolute Gasteiger partial charge is 0.379 e. The van der Waals surface area contributed by atoms with Crippen molar-refractivity contribution in [1.82, 2.24) is 20.0 Å². The number of nitrogens with zero attached hydrogens (tertiary/aromatic N) is 3. The van der Waals surface area contributed by atoms with Crippen LogP contribution in [0.1, 0.15) is 21.9 Å². The topological polar surface area (TPSA) is 82.2 Å². The average molecular weight is 366 g/mol. The second-order valence-corrected chi connectivity index (χ2v) is 6.91. The number of aromatic nitrogens is 3. The second kappa shape index (κ2) is 7.36. The molecule has 0 aliphatic carbocycles. The molecular weight excluding hydrogens is 344 g/mol. The first-order valence-electron chi connectivity index (χ1n) is 9.00. The molecule has 2 aromatic heterocycles. The molecule has 7 nitrogen and oxygen atoms in total. The first kappa shape index (κ1) is 17.5. The molecule has 0 unspecified atom stereocenters. The molecule has 0 saturated carbocycles. The van der Waals surface area contributed by atoms with Gasteiger partial charge in [-0.05, 0) is 6.92 Å². The highest BCUT2D eigenvalue weighted by atomic mass is 16.5. The van der Waals surface area contributed by atoms with Crippen molar-refractivity contribution in [2.24, 2.45) is 13.0 Å². The maximum Gasteiger partial charge on any atom is 0.269 e. The van der Waals surface area contributed by atoms with Gasteiger partial charge in [-0.25, -0.2) is 4.98 Å². The zero-order chi connectivity index (χ0) is 18.8. The molecule has 2 atom stereocenters.